The summed E-state index contributed by atoms with van der Waals surface area (Å²) in [6.45, 7) is 4.38. The van der Waals surface area contributed by atoms with Crippen LogP contribution >= 0.6 is 35.7 Å². The molecule has 0 aliphatic carbocycles. The first-order valence-electron chi connectivity index (χ1n) is 7.13. The van der Waals surface area contributed by atoms with Crippen molar-refractivity contribution in [2.45, 2.75) is 25.3 Å². The Balaban J connectivity index is 0.00000484. The molecule has 1 unspecified atom stereocenters. The van der Waals surface area contributed by atoms with E-state index in [1.54, 1.807) is 7.05 Å². The number of alkyl halides is 3. The van der Waals surface area contributed by atoms with Crippen LogP contribution < -0.4 is 10.6 Å². The number of hydrogen-bond acceptors (Lipinski definition) is 3. The van der Waals surface area contributed by atoms with E-state index in [1.807, 2.05) is 22.0 Å². The number of nitrogens with zero attached hydrogens (tertiary/aromatic N) is 2. The van der Waals surface area contributed by atoms with Gasteiger partial charge < -0.3 is 15.5 Å². The summed E-state index contributed by atoms with van der Waals surface area (Å²) in [6, 6.07) is 0. The summed E-state index contributed by atoms with van der Waals surface area (Å²) in [5.74, 6) is 1.34. The molecule has 1 heterocycles. The van der Waals surface area contributed by atoms with E-state index in [4.69, 9.17) is 0 Å². The number of carbonyl (C=O) groups is 1. The Morgan fingerprint density at radius 2 is 2.04 bits per heavy atom. The molecule has 0 saturated carbocycles. The number of guanidine groups is 1. The smallest absolute Gasteiger partial charge is 0.347 e. The van der Waals surface area contributed by atoms with Crippen LogP contribution in [0.5, 0.6) is 0 Å². The summed E-state index contributed by atoms with van der Waals surface area (Å²) < 4.78 is 36.1. The quantitative estimate of drug-likeness (QED) is 0.376. The molecule has 0 aromatic heterocycles. The fraction of sp³-hybridized carbons (Fsp3) is 0.846. The van der Waals surface area contributed by atoms with Gasteiger partial charge in [-0.15, -0.1) is 24.0 Å². The normalized spacial score (nSPS) is 19.3. The second-order valence-corrected chi connectivity index (χ2v) is 6.74. The van der Waals surface area contributed by atoms with Crippen molar-refractivity contribution >= 4 is 47.6 Å². The van der Waals surface area contributed by atoms with Gasteiger partial charge in [0.25, 0.3) is 0 Å². The van der Waals surface area contributed by atoms with Crippen molar-refractivity contribution < 1.29 is 18.0 Å². The molecule has 0 radical (unpaired) electrons. The number of halogens is 4. The second kappa shape index (κ2) is 10.5. The third-order valence-corrected chi connectivity index (χ3v) is 4.78. The molecule has 5 nitrogen and oxygen atoms in total. The van der Waals surface area contributed by atoms with Crippen LogP contribution in [0, 0.1) is 5.92 Å². The lowest BCUT2D eigenvalue weighted by atomic mass is 10.1. The molecule has 1 aliphatic rings. The molecular formula is C13H24F3IN4OS. The van der Waals surface area contributed by atoms with Crippen molar-refractivity contribution in [2.75, 3.05) is 39.0 Å². The lowest BCUT2D eigenvalue weighted by Gasteiger charge is -2.36. The number of carbonyl (C=O) groups excluding carboxylic acids is 1. The molecule has 1 rings (SSSR count). The third-order valence-electron chi connectivity index (χ3n) is 3.24. The molecule has 0 spiro atoms. The second-order valence-electron chi connectivity index (χ2n) is 5.39. The number of hydrogen-bond donors (Lipinski definition) is 2. The van der Waals surface area contributed by atoms with Crippen LogP contribution in [-0.2, 0) is 4.79 Å². The van der Waals surface area contributed by atoms with Crippen LogP contribution in [0.4, 0.5) is 13.2 Å². The first-order valence-corrected chi connectivity index (χ1v) is 8.18. The highest BCUT2D eigenvalue weighted by molar-refractivity contribution is 14.0. The van der Waals surface area contributed by atoms with Gasteiger partial charge in [0.05, 0.1) is 6.54 Å². The molecule has 136 valence electrons. The van der Waals surface area contributed by atoms with E-state index >= 15 is 0 Å². The van der Waals surface area contributed by atoms with Crippen molar-refractivity contribution in [1.82, 2.24) is 15.5 Å². The van der Waals surface area contributed by atoms with Gasteiger partial charge in [-0.1, -0.05) is 13.8 Å². The molecule has 23 heavy (non-hydrogen) atoms. The van der Waals surface area contributed by atoms with E-state index in [9.17, 15) is 18.0 Å². The van der Waals surface area contributed by atoms with Crippen LogP contribution in [0.15, 0.2) is 4.99 Å². The number of thioether (sulfide) groups is 1. The van der Waals surface area contributed by atoms with Crippen LogP contribution in [-0.4, -0.2) is 67.2 Å². The van der Waals surface area contributed by atoms with E-state index in [0.717, 1.165) is 18.8 Å². The molecule has 0 bridgehead atoms. The highest BCUT2D eigenvalue weighted by atomic mass is 127. The average Bonchev–Trinajstić information content (AvgIpc) is 2.45. The van der Waals surface area contributed by atoms with Crippen molar-refractivity contribution in [3.8, 4) is 0 Å². The third kappa shape index (κ3) is 8.87. The van der Waals surface area contributed by atoms with E-state index < -0.39 is 18.6 Å². The van der Waals surface area contributed by atoms with Gasteiger partial charge in [-0.25, -0.2) is 0 Å². The predicted octanol–water partition coefficient (Wildman–Crippen LogP) is 1.93. The maximum Gasteiger partial charge on any atom is 0.405 e. The van der Waals surface area contributed by atoms with Gasteiger partial charge in [-0.2, -0.15) is 24.9 Å². The highest BCUT2D eigenvalue weighted by Gasteiger charge is 2.28. The summed E-state index contributed by atoms with van der Waals surface area (Å²) in [4.78, 5) is 17.6. The molecule has 2 N–H and O–H groups in total. The monoisotopic (exact) mass is 468 g/mol. The van der Waals surface area contributed by atoms with Crippen molar-refractivity contribution in [3.05, 3.63) is 0 Å². The Hall–Kier alpha value is -0.390. The summed E-state index contributed by atoms with van der Waals surface area (Å²) in [5, 5.41) is 5.13. The van der Waals surface area contributed by atoms with Gasteiger partial charge in [0, 0.05) is 31.1 Å². The zero-order valence-electron chi connectivity index (χ0n) is 13.4. The van der Waals surface area contributed by atoms with E-state index in [0.29, 0.717) is 17.1 Å². The summed E-state index contributed by atoms with van der Waals surface area (Å²) in [5.41, 5.74) is 0. The van der Waals surface area contributed by atoms with Crippen LogP contribution in [0.25, 0.3) is 0 Å². The van der Waals surface area contributed by atoms with Crippen LogP contribution in [0.2, 0.25) is 0 Å². The molecule has 1 saturated heterocycles. The first kappa shape index (κ1) is 22.6. The fourth-order valence-corrected chi connectivity index (χ4v) is 3.32. The molecule has 1 aliphatic heterocycles. The minimum atomic E-state index is -4.40. The molecule has 1 amide bonds. The number of amides is 1. The van der Waals surface area contributed by atoms with Gasteiger partial charge >= 0.3 is 6.18 Å². The van der Waals surface area contributed by atoms with E-state index in [-0.39, 0.29) is 30.5 Å². The van der Waals surface area contributed by atoms with E-state index in [1.165, 1.54) is 0 Å². The van der Waals surface area contributed by atoms with Crippen molar-refractivity contribution in [1.29, 1.82) is 0 Å². The Kier molecular flexibility index (Phi) is 10.3. The molecular weight excluding hydrogens is 444 g/mol. The lowest BCUT2D eigenvalue weighted by molar-refractivity contribution is -0.137. The zero-order valence-corrected chi connectivity index (χ0v) is 16.6. The van der Waals surface area contributed by atoms with Crippen LogP contribution in [0.3, 0.4) is 0 Å². The summed E-state index contributed by atoms with van der Waals surface area (Å²) >= 11 is 1.91. The Morgan fingerprint density at radius 3 is 2.57 bits per heavy atom. The fourth-order valence-electron chi connectivity index (χ4n) is 2.02. The Bertz CT molecular complexity index is 407. The maximum atomic E-state index is 12.0. The zero-order chi connectivity index (χ0) is 16.8. The predicted molar refractivity (Wildman–Crippen MR) is 98.5 cm³/mol. The highest BCUT2D eigenvalue weighted by Crippen LogP contribution is 2.24. The number of rotatable bonds is 4. The van der Waals surface area contributed by atoms with Gasteiger partial charge in [0.1, 0.15) is 6.54 Å². The van der Waals surface area contributed by atoms with Crippen LogP contribution in [0.1, 0.15) is 13.8 Å². The summed E-state index contributed by atoms with van der Waals surface area (Å²) in [6.07, 6.45) is -4.40. The first-order chi connectivity index (χ1) is 10.2. The Morgan fingerprint density at radius 1 is 1.39 bits per heavy atom. The van der Waals surface area contributed by atoms with Gasteiger partial charge in [-0.3, -0.25) is 9.79 Å². The number of nitrogens with one attached hydrogen (secondary N) is 2. The summed E-state index contributed by atoms with van der Waals surface area (Å²) in [7, 11) is 1.60. The molecule has 1 fully saturated rings. The largest absolute Gasteiger partial charge is 0.405 e. The molecule has 10 heteroatoms. The molecule has 1 atom stereocenters. The molecule has 0 aromatic carbocycles. The SMILES string of the molecule is CN=C(NCC(=O)NCC(F)(F)F)N1CCSC(C(C)C)C1.I. The minimum Gasteiger partial charge on any atom is -0.347 e. The number of aliphatic imine (C=N–C) groups is 1. The topological polar surface area (TPSA) is 56.7 Å². The van der Waals surface area contributed by atoms with Gasteiger partial charge in [0.2, 0.25) is 5.91 Å². The van der Waals surface area contributed by atoms with Crippen molar-refractivity contribution in [3.63, 3.8) is 0 Å². The molecule has 0 aromatic rings. The lowest BCUT2D eigenvalue weighted by Crippen LogP contribution is -2.51. The minimum absolute atomic E-state index is 0. The van der Waals surface area contributed by atoms with E-state index in [2.05, 4.69) is 24.2 Å². The average molecular weight is 468 g/mol. The van der Waals surface area contributed by atoms with Crippen molar-refractivity contribution in [2.24, 2.45) is 10.9 Å². The maximum absolute atomic E-state index is 12.0. The Labute approximate surface area is 156 Å². The standard InChI is InChI=1S/C13H23F3N4OS.HI/c1-9(2)10-7-20(4-5-22-10)12(17-3)18-6-11(21)19-8-13(14,15)16;/h9-10H,4-8H2,1-3H3,(H,17,18)(H,19,21);1H. The van der Waals surface area contributed by atoms with Gasteiger partial charge in [-0.05, 0) is 5.92 Å². The van der Waals surface area contributed by atoms with Gasteiger partial charge in [0.15, 0.2) is 5.96 Å².